The maximum Gasteiger partial charge on any atom is 0.0464 e. The number of anilines is 9. The van der Waals surface area contributed by atoms with Gasteiger partial charge in [-0.1, -0.05) is 140 Å². The molecule has 0 amide bonds. The molecule has 60 heavy (non-hydrogen) atoms. The van der Waals surface area contributed by atoms with Crippen LogP contribution < -0.4 is 14.7 Å². The van der Waals surface area contributed by atoms with Crippen LogP contribution in [-0.4, -0.2) is 0 Å². The Morgan fingerprint density at radius 1 is 0.250 bits per heavy atom. The first-order valence-electron chi connectivity index (χ1n) is 20.6. The first-order chi connectivity index (χ1) is 29.7. The summed E-state index contributed by atoms with van der Waals surface area (Å²) in [6.45, 7) is 0. The highest BCUT2D eigenvalue weighted by molar-refractivity contribution is 5.87. The van der Waals surface area contributed by atoms with E-state index in [9.17, 15) is 0 Å². The highest BCUT2D eigenvalue weighted by Crippen LogP contribution is 2.45. The van der Waals surface area contributed by atoms with Gasteiger partial charge in [-0.25, -0.2) is 0 Å². The smallest absolute Gasteiger partial charge is 0.0464 e. The summed E-state index contributed by atoms with van der Waals surface area (Å²) in [4.78, 5) is 7.02. The van der Waals surface area contributed by atoms with Gasteiger partial charge in [0, 0.05) is 51.2 Å². The zero-order valence-electron chi connectivity index (χ0n) is 33.2. The summed E-state index contributed by atoms with van der Waals surface area (Å²) in [5.74, 6) is 0. The molecule has 0 fully saturated rings. The largest absolute Gasteiger partial charge is 0.311 e. The lowest BCUT2D eigenvalue weighted by molar-refractivity contribution is 1.22. The van der Waals surface area contributed by atoms with Crippen molar-refractivity contribution in [3.05, 3.63) is 259 Å². The van der Waals surface area contributed by atoms with Gasteiger partial charge in [-0.15, -0.1) is 0 Å². The fraction of sp³-hybridized carbons (Fsp3) is 0.0175. The Morgan fingerprint density at radius 3 is 0.883 bits per heavy atom. The van der Waals surface area contributed by atoms with E-state index in [0.717, 1.165) is 63.2 Å². The number of rotatable bonds is 11. The van der Waals surface area contributed by atoms with Crippen molar-refractivity contribution < 1.29 is 0 Å². The SMILES string of the molecule is C(=Cc1ccc(N(c2ccccc2)c2ccc3c(c2)Cc2cc(N(c4ccccc4)c4ccc(N(c5ccccc5)c5ccccc5)cc4)ccc2-3)cc1)c1ccccc1. The summed E-state index contributed by atoms with van der Waals surface area (Å²) >= 11 is 0. The summed E-state index contributed by atoms with van der Waals surface area (Å²) in [5, 5.41) is 0. The molecule has 1 aliphatic carbocycles. The van der Waals surface area contributed by atoms with E-state index < -0.39 is 0 Å². The second-order valence-electron chi connectivity index (χ2n) is 15.1. The number of para-hydroxylation sites is 4. The van der Waals surface area contributed by atoms with E-state index in [0.29, 0.717) is 0 Å². The molecular weight excluding hydrogens is 727 g/mol. The minimum Gasteiger partial charge on any atom is -0.311 e. The van der Waals surface area contributed by atoms with Crippen molar-refractivity contribution in [2.75, 3.05) is 14.7 Å². The summed E-state index contributed by atoms with van der Waals surface area (Å²) in [7, 11) is 0. The molecule has 0 aliphatic heterocycles. The molecule has 0 atom stereocenters. The van der Waals surface area contributed by atoms with E-state index in [1.807, 2.05) is 6.07 Å². The minimum absolute atomic E-state index is 0.864. The molecule has 10 rings (SSSR count). The Kier molecular flexibility index (Phi) is 10.0. The second-order valence-corrected chi connectivity index (χ2v) is 15.1. The number of benzene rings is 9. The van der Waals surface area contributed by atoms with Gasteiger partial charge < -0.3 is 14.7 Å². The molecule has 0 saturated heterocycles. The van der Waals surface area contributed by atoms with Crippen LogP contribution in [0, 0.1) is 0 Å². The van der Waals surface area contributed by atoms with E-state index in [1.54, 1.807) is 0 Å². The number of fused-ring (bicyclic) bond motifs is 3. The standard InChI is InChI=1S/C57H43N3/c1-6-16-43(17-7-1)26-27-44-28-30-51(31-29-44)59(49-22-12-4-13-23-49)54-36-38-56-45(41-54)40-46-42-55(37-39-57(46)56)60(50-24-14-5-15-25-50)53-34-32-52(33-35-53)58(47-18-8-2-9-19-47)48-20-10-3-11-21-48/h1-39,41-42H,40H2. The predicted octanol–water partition coefficient (Wildman–Crippen LogP) is 15.8. The van der Waals surface area contributed by atoms with Crippen molar-refractivity contribution in [3.8, 4) is 11.1 Å². The first kappa shape index (κ1) is 36.5. The molecule has 0 spiro atoms. The summed E-state index contributed by atoms with van der Waals surface area (Å²) in [5.41, 5.74) is 17.7. The average Bonchev–Trinajstić information content (AvgIpc) is 3.68. The molecule has 0 radical (unpaired) electrons. The van der Waals surface area contributed by atoms with Gasteiger partial charge in [-0.2, -0.15) is 0 Å². The van der Waals surface area contributed by atoms with Crippen LogP contribution >= 0.6 is 0 Å². The van der Waals surface area contributed by atoms with Gasteiger partial charge in [-0.3, -0.25) is 0 Å². The fourth-order valence-electron chi connectivity index (χ4n) is 8.35. The topological polar surface area (TPSA) is 9.72 Å². The molecule has 3 nitrogen and oxygen atoms in total. The van der Waals surface area contributed by atoms with Gasteiger partial charge in [-0.05, 0) is 149 Å². The van der Waals surface area contributed by atoms with Crippen LogP contribution in [0.25, 0.3) is 23.3 Å². The third-order valence-corrected chi connectivity index (χ3v) is 11.2. The number of nitrogens with zero attached hydrogens (tertiary/aromatic N) is 3. The van der Waals surface area contributed by atoms with E-state index >= 15 is 0 Å². The van der Waals surface area contributed by atoms with E-state index in [1.165, 1.54) is 27.8 Å². The first-order valence-corrected chi connectivity index (χ1v) is 20.6. The highest BCUT2D eigenvalue weighted by Gasteiger charge is 2.24. The van der Waals surface area contributed by atoms with Gasteiger partial charge in [0.2, 0.25) is 0 Å². The van der Waals surface area contributed by atoms with E-state index in [4.69, 9.17) is 0 Å². The van der Waals surface area contributed by atoms with Gasteiger partial charge in [0.15, 0.2) is 0 Å². The van der Waals surface area contributed by atoms with Gasteiger partial charge >= 0.3 is 0 Å². The molecule has 9 aromatic carbocycles. The molecule has 0 heterocycles. The zero-order valence-corrected chi connectivity index (χ0v) is 33.2. The zero-order chi connectivity index (χ0) is 40.1. The monoisotopic (exact) mass is 769 g/mol. The van der Waals surface area contributed by atoms with Gasteiger partial charge in [0.25, 0.3) is 0 Å². The van der Waals surface area contributed by atoms with Crippen molar-refractivity contribution in [3.63, 3.8) is 0 Å². The lowest BCUT2D eigenvalue weighted by Crippen LogP contribution is -2.12. The van der Waals surface area contributed by atoms with Crippen molar-refractivity contribution in [2.24, 2.45) is 0 Å². The maximum absolute atomic E-state index is 2.38. The van der Waals surface area contributed by atoms with Crippen molar-refractivity contribution in [2.45, 2.75) is 6.42 Å². The summed E-state index contributed by atoms with van der Waals surface area (Å²) in [6.07, 6.45) is 5.20. The van der Waals surface area contributed by atoms with Crippen LogP contribution in [-0.2, 0) is 6.42 Å². The minimum atomic E-state index is 0.864. The molecule has 0 unspecified atom stereocenters. The summed E-state index contributed by atoms with van der Waals surface area (Å²) < 4.78 is 0. The molecule has 0 aromatic heterocycles. The molecule has 286 valence electrons. The molecule has 9 aromatic rings. The lowest BCUT2D eigenvalue weighted by Gasteiger charge is -2.28. The van der Waals surface area contributed by atoms with Gasteiger partial charge in [0.05, 0.1) is 0 Å². The Balaban J connectivity index is 0.960. The van der Waals surface area contributed by atoms with Crippen LogP contribution in [0.5, 0.6) is 0 Å². The Labute approximate surface area is 353 Å². The predicted molar refractivity (Wildman–Crippen MR) is 254 cm³/mol. The molecule has 1 aliphatic rings. The highest BCUT2D eigenvalue weighted by atomic mass is 15.2. The van der Waals surface area contributed by atoms with Crippen molar-refractivity contribution >= 4 is 63.3 Å². The molecule has 0 saturated carbocycles. The Bertz CT molecular complexity index is 2820. The number of hydrogen-bond acceptors (Lipinski definition) is 3. The summed E-state index contributed by atoms with van der Waals surface area (Å²) in [6, 6.07) is 84.6. The van der Waals surface area contributed by atoms with Crippen LogP contribution in [0.3, 0.4) is 0 Å². The van der Waals surface area contributed by atoms with Crippen LogP contribution in [0.1, 0.15) is 22.3 Å². The Hall–Kier alpha value is -7.88. The molecule has 0 bridgehead atoms. The third-order valence-electron chi connectivity index (χ3n) is 11.2. The lowest BCUT2D eigenvalue weighted by atomic mass is 10.0. The van der Waals surface area contributed by atoms with Crippen LogP contribution in [0.4, 0.5) is 51.2 Å². The van der Waals surface area contributed by atoms with E-state index in [2.05, 4.69) is 257 Å². The normalized spacial score (nSPS) is 11.5. The van der Waals surface area contributed by atoms with Crippen molar-refractivity contribution in [1.82, 2.24) is 0 Å². The number of hydrogen-bond donors (Lipinski definition) is 0. The van der Waals surface area contributed by atoms with Crippen LogP contribution in [0.2, 0.25) is 0 Å². The van der Waals surface area contributed by atoms with E-state index in [-0.39, 0.29) is 0 Å². The maximum atomic E-state index is 2.38. The Morgan fingerprint density at radius 2 is 0.517 bits per heavy atom. The molecule has 3 heteroatoms. The molecule has 0 N–H and O–H groups in total. The quantitative estimate of drug-likeness (QED) is 0.121. The average molecular weight is 770 g/mol. The van der Waals surface area contributed by atoms with Gasteiger partial charge in [0.1, 0.15) is 0 Å². The molecular formula is C57H43N3. The second kappa shape index (κ2) is 16.5. The third kappa shape index (κ3) is 7.48. The van der Waals surface area contributed by atoms with Crippen LogP contribution in [0.15, 0.2) is 237 Å². The van der Waals surface area contributed by atoms with Crippen molar-refractivity contribution in [1.29, 1.82) is 0 Å². The fourth-order valence-corrected chi connectivity index (χ4v) is 8.35.